The van der Waals surface area contributed by atoms with Crippen molar-refractivity contribution in [1.82, 2.24) is 0 Å². The van der Waals surface area contributed by atoms with Crippen molar-refractivity contribution in [2.24, 2.45) is 16.8 Å². The minimum atomic E-state index is -0.0000759. The van der Waals surface area contributed by atoms with Gasteiger partial charge in [0, 0.05) is 3.92 Å². The van der Waals surface area contributed by atoms with E-state index in [1.54, 1.807) is 0 Å². The van der Waals surface area contributed by atoms with Gasteiger partial charge >= 0.3 is 0 Å². The van der Waals surface area contributed by atoms with Gasteiger partial charge in [0.25, 0.3) is 0 Å². The van der Waals surface area contributed by atoms with Crippen molar-refractivity contribution >= 4 is 32.0 Å². The molecule has 2 heteroatoms. The average Bonchev–Trinajstić information content (AvgIpc) is 2.03. The number of aliphatic imine (C=N–C) groups is 1. The van der Waals surface area contributed by atoms with Gasteiger partial charge in [-0.1, -0.05) is 24.4 Å². The summed E-state index contributed by atoms with van der Waals surface area (Å²) in [5.41, 5.74) is 0. The van der Waals surface area contributed by atoms with E-state index in [4.69, 9.17) is 0 Å². The molecule has 0 amide bonds. The maximum Gasteiger partial charge on any atom is 0.0501 e. The number of hydrogen-bond donors (Lipinski definition) is 0. The highest BCUT2D eigenvalue weighted by Crippen LogP contribution is 2.25. The van der Waals surface area contributed by atoms with E-state index in [9.17, 15) is 0 Å². The summed E-state index contributed by atoms with van der Waals surface area (Å²) in [5, 5.41) is 0. The second-order valence-corrected chi connectivity index (χ2v) is 5.61. The van der Waals surface area contributed by atoms with Gasteiger partial charge in [-0.25, -0.2) is 0 Å². The molecular formula is C10H18IN. The second-order valence-electron chi connectivity index (χ2n) is 3.13. The lowest BCUT2D eigenvalue weighted by Crippen LogP contribution is -2.21. The van der Waals surface area contributed by atoms with Crippen molar-refractivity contribution in [2.45, 2.75) is 17.8 Å². The molecule has 0 fully saturated rings. The van der Waals surface area contributed by atoms with Gasteiger partial charge in [0.2, 0.25) is 0 Å². The fourth-order valence-electron chi connectivity index (χ4n) is 1.23. The highest BCUT2D eigenvalue weighted by atomic mass is 127. The van der Waals surface area contributed by atoms with Gasteiger partial charge < -0.3 is 0 Å². The minimum absolute atomic E-state index is 0.0000759. The molecule has 2 atom stereocenters. The first-order chi connectivity index (χ1) is 5.67. The topological polar surface area (TPSA) is 12.4 Å². The van der Waals surface area contributed by atoms with Crippen LogP contribution in [0, 0.1) is 11.8 Å². The Hall–Kier alpha value is 0.01000. The summed E-state index contributed by atoms with van der Waals surface area (Å²) >= 11 is -0.0000759. The molecule has 0 saturated heterocycles. The van der Waals surface area contributed by atoms with Gasteiger partial charge in [0.15, 0.2) is 0 Å². The van der Waals surface area contributed by atoms with Crippen molar-refractivity contribution in [1.29, 1.82) is 0 Å². The molecule has 0 aromatic heterocycles. The normalized spacial score (nSPS) is 15.6. The molecule has 12 heavy (non-hydrogen) atoms. The summed E-state index contributed by atoms with van der Waals surface area (Å²) in [6.07, 6.45) is 2.05. The smallest absolute Gasteiger partial charge is 0.0501 e. The first kappa shape index (κ1) is 12.0. The van der Waals surface area contributed by atoms with Gasteiger partial charge in [-0.2, -0.15) is 0 Å². The second kappa shape index (κ2) is 6.52. The lowest BCUT2D eigenvalue weighted by atomic mass is 9.93. The Bertz CT molecular complexity index is 163. The predicted molar refractivity (Wildman–Crippen MR) is 67.9 cm³/mol. The van der Waals surface area contributed by atoms with Crippen LogP contribution in [0.5, 0.6) is 0 Å². The molecule has 0 heterocycles. The molecule has 0 bridgehead atoms. The van der Waals surface area contributed by atoms with Crippen molar-refractivity contribution in [3.63, 3.8) is 0 Å². The Labute approximate surface area is 85.7 Å². The maximum atomic E-state index is 4.03. The zero-order valence-electron chi connectivity index (χ0n) is 7.96. The summed E-state index contributed by atoms with van der Waals surface area (Å²) < 4.78 is 4.65. The first-order valence-electron chi connectivity index (χ1n) is 4.09. The van der Waals surface area contributed by atoms with Gasteiger partial charge in [0.05, 0.1) is 6.54 Å². The Morgan fingerprint density at radius 1 is 1.50 bits per heavy atom. The summed E-state index contributed by atoms with van der Waals surface area (Å²) in [5.74, 6) is 1.22. The standard InChI is InChI=1S/C10H18IN/c1-6-9(8(2)3)10(11-4)7-12-5/h6,8-10H,1,4-5,7H2,2-3H3. The Kier molecular flexibility index (Phi) is 6.52. The largest absolute Gasteiger partial charge is 0.300 e. The Morgan fingerprint density at radius 2 is 2.08 bits per heavy atom. The van der Waals surface area contributed by atoms with Crippen LogP contribution in [-0.4, -0.2) is 21.7 Å². The van der Waals surface area contributed by atoms with Gasteiger partial charge in [-0.05, 0) is 18.6 Å². The van der Waals surface area contributed by atoms with Crippen LogP contribution < -0.4 is 0 Å². The van der Waals surface area contributed by atoms with Crippen molar-refractivity contribution < 1.29 is 0 Å². The highest BCUT2D eigenvalue weighted by molar-refractivity contribution is 14.2. The highest BCUT2D eigenvalue weighted by Gasteiger charge is 2.18. The molecule has 0 rings (SSSR count). The molecular weight excluding hydrogens is 261 g/mol. The van der Waals surface area contributed by atoms with E-state index >= 15 is 0 Å². The van der Waals surface area contributed by atoms with E-state index in [-0.39, 0.29) is 20.7 Å². The third kappa shape index (κ3) is 3.61. The monoisotopic (exact) mass is 279 g/mol. The number of allylic oxidation sites excluding steroid dienone is 1. The number of alkyl halides is 1. The Balaban J connectivity index is 4.31. The minimum Gasteiger partial charge on any atom is -0.300 e. The molecule has 0 aromatic rings. The number of halogens is 1. The maximum absolute atomic E-state index is 4.03. The zero-order chi connectivity index (χ0) is 9.56. The molecule has 0 saturated carbocycles. The predicted octanol–water partition coefficient (Wildman–Crippen LogP) is 2.92. The lowest BCUT2D eigenvalue weighted by Gasteiger charge is -2.22. The van der Waals surface area contributed by atoms with Gasteiger partial charge in [-0.3, -0.25) is 4.99 Å². The van der Waals surface area contributed by atoms with Crippen LogP contribution in [0.3, 0.4) is 0 Å². The van der Waals surface area contributed by atoms with E-state index in [2.05, 4.69) is 36.7 Å². The molecule has 0 aliphatic rings. The molecule has 0 spiro atoms. The van der Waals surface area contributed by atoms with Crippen molar-refractivity contribution in [3.05, 3.63) is 12.7 Å². The SMILES string of the molecule is C=CC(C(C)C)C(CN=C)I=C. The van der Waals surface area contributed by atoms with E-state index in [1.165, 1.54) is 0 Å². The number of hydrogen-bond acceptors (Lipinski definition) is 1. The molecule has 0 radical (unpaired) electrons. The fraction of sp³-hybridized carbons (Fsp3) is 0.600. The van der Waals surface area contributed by atoms with Crippen LogP contribution in [0.25, 0.3) is 0 Å². The first-order valence-corrected chi connectivity index (χ1v) is 6.86. The summed E-state index contributed by atoms with van der Waals surface area (Å²) in [6.45, 7) is 12.7. The number of nitrogens with zero attached hydrogens (tertiary/aromatic N) is 1. The van der Waals surface area contributed by atoms with Crippen LogP contribution in [0.4, 0.5) is 0 Å². The van der Waals surface area contributed by atoms with E-state index in [1.807, 2.05) is 6.08 Å². The third-order valence-corrected chi connectivity index (χ3v) is 4.32. The van der Waals surface area contributed by atoms with Crippen LogP contribution in [0.15, 0.2) is 17.6 Å². The molecule has 0 aliphatic carbocycles. The average molecular weight is 279 g/mol. The third-order valence-electron chi connectivity index (χ3n) is 1.96. The Morgan fingerprint density at radius 3 is 2.33 bits per heavy atom. The molecule has 2 unspecified atom stereocenters. The van der Waals surface area contributed by atoms with Crippen LogP contribution in [0.1, 0.15) is 13.8 Å². The van der Waals surface area contributed by atoms with Crippen molar-refractivity contribution in [3.8, 4) is 0 Å². The van der Waals surface area contributed by atoms with E-state index < -0.39 is 0 Å². The zero-order valence-corrected chi connectivity index (χ0v) is 10.1. The van der Waals surface area contributed by atoms with Gasteiger partial charge in [-0.15, -0.1) is 27.3 Å². The summed E-state index contributed by atoms with van der Waals surface area (Å²) in [6, 6.07) is 0. The quantitative estimate of drug-likeness (QED) is 0.307. The van der Waals surface area contributed by atoms with Crippen LogP contribution >= 0.6 is 20.7 Å². The van der Waals surface area contributed by atoms with Crippen LogP contribution in [-0.2, 0) is 0 Å². The van der Waals surface area contributed by atoms with E-state index in [0.29, 0.717) is 15.8 Å². The van der Waals surface area contributed by atoms with E-state index in [0.717, 1.165) is 6.54 Å². The number of rotatable bonds is 6. The molecule has 0 aromatic carbocycles. The summed E-state index contributed by atoms with van der Waals surface area (Å²) in [4.78, 5) is 3.95. The summed E-state index contributed by atoms with van der Waals surface area (Å²) in [7, 11) is 0. The van der Waals surface area contributed by atoms with Gasteiger partial charge in [0.1, 0.15) is 0 Å². The lowest BCUT2D eigenvalue weighted by molar-refractivity contribution is 0.463. The molecule has 70 valence electrons. The van der Waals surface area contributed by atoms with Crippen LogP contribution in [0.2, 0.25) is 0 Å². The van der Waals surface area contributed by atoms with Crippen molar-refractivity contribution in [2.75, 3.05) is 6.54 Å². The molecule has 0 aliphatic heterocycles. The molecule has 0 N–H and O–H groups in total. The molecule has 1 nitrogen and oxygen atoms in total. The fourth-order valence-corrected chi connectivity index (χ4v) is 3.50.